The number of halogens is 1. The third-order valence-electron chi connectivity index (χ3n) is 4.41. The molecule has 0 aromatic heterocycles. The van der Waals surface area contributed by atoms with Gasteiger partial charge in [-0.25, -0.2) is 0 Å². The second-order valence-electron chi connectivity index (χ2n) is 7.21. The summed E-state index contributed by atoms with van der Waals surface area (Å²) >= 11 is 5.61. The molecule has 0 atom stereocenters. The molecule has 3 N–H and O–H groups in total. The summed E-state index contributed by atoms with van der Waals surface area (Å²) in [5.41, 5.74) is 9.44. The Morgan fingerprint density at radius 1 is 0.647 bits per heavy atom. The van der Waals surface area contributed by atoms with E-state index in [0.717, 1.165) is 10.7 Å². The fourth-order valence-electron chi connectivity index (χ4n) is 2.57. The summed E-state index contributed by atoms with van der Waals surface area (Å²) in [6.07, 6.45) is 0. The average Bonchev–Trinajstić information content (AvgIpc) is 2.84. The first-order valence-corrected chi connectivity index (χ1v) is 10.7. The molecule has 0 spiro atoms. The van der Waals surface area contributed by atoms with Crippen LogP contribution in [0, 0.1) is 13.8 Å². The number of nitrogens with one attached hydrogen (secondary N) is 1. The largest absolute Gasteiger partial charge is 0.366 e. The minimum Gasteiger partial charge on any atom is -0.366 e. The lowest BCUT2D eigenvalue weighted by atomic mass is 10.2. The van der Waals surface area contributed by atoms with Gasteiger partial charge in [-0.3, -0.25) is 9.59 Å². The van der Waals surface area contributed by atoms with Crippen LogP contribution in [0.15, 0.2) is 109 Å². The molecular weight excluding hydrogens is 444 g/mol. The van der Waals surface area contributed by atoms with E-state index in [1.807, 2.05) is 86.6 Å². The zero-order valence-electron chi connectivity index (χ0n) is 18.7. The lowest BCUT2D eigenvalue weighted by Crippen LogP contribution is -2.11. The average molecular weight is 475 g/mol. The van der Waals surface area contributed by atoms with E-state index < -0.39 is 0 Å². The maximum absolute atomic E-state index is 11.8. The molecule has 0 bridgehead atoms. The maximum Gasteiger partial charge on any atom is 0.255 e. The molecule has 176 valence electrons. The number of benzene rings is 4. The van der Waals surface area contributed by atoms with Crippen LogP contribution >= 0.6 is 11.6 Å². The Kier molecular flexibility index (Phi) is 12.4. The van der Waals surface area contributed by atoms with Crippen LogP contribution in [0.3, 0.4) is 0 Å². The van der Waals surface area contributed by atoms with Crippen LogP contribution in [0.1, 0.15) is 39.3 Å². The van der Waals surface area contributed by atoms with Gasteiger partial charge in [0.25, 0.3) is 5.91 Å². The van der Waals surface area contributed by atoms with Crippen LogP contribution < -0.4 is 11.1 Å². The molecule has 5 heteroatoms. The minimum absolute atomic E-state index is 0. The molecule has 0 radical (unpaired) electrons. The molecular formula is C29H31ClN2O2. The van der Waals surface area contributed by atoms with Gasteiger partial charge in [-0.2, -0.15) is 0 Å². The van der Waals surface area contributed by atoms with Gasteiger partial charge in [-0.15, -0.1) is 0 Å². The summed E-state index contributed by atoms with van der Waals surface area (Å²) in [5, 5.41) is 3.65. The molecule has 34 heavy (non-hydrogen) atoms. The number of aryl methyl sites for hydroxylation is 2. The SMILES string of the molecule is C.Cc1ccc(Cl)cc1.Cc1ccc(NC(=O)c2ccccc2)cc1.NC(=O)c1ccccc1. The minimum atomic E-state index is -0.379. The Hall–Kier alpha value is -3.89. The number of primary amides is 1. The number of hydrogen-bond donors (Lipinski definition) is 2. The van der Waals surface area contributed by atoms with Crippen molar-refractivity contribution in [3.05, 3.63) is 136 Å². The van der Waals surface area contributed by atoms with Crippen LogP contribution in [0.5, 0.6) is 0 Å². The van der Waals surface area contributed by atoms with Gasteiger partial charge in [0.05, 0.1) is 0 Å². The van der Waals surface area contributed by atoms with Gasteiger partial charge >= 0.3 is 0 Å². The molecule has 0 aliphatic carbocycles. The Bertz CT molecular complexity index is 1110. The lowest BCUT2D eigenvalue weighted by Gasteiger charge is -2.05. The third kappa shape index (κ3) is 10.6. The second-order valence-corrected chi connectivity index (χ2v) is 7.65. The summed E-state index contributed by atoms with van der Waals surface area (Å²) in [6, 6.07) is 33.4. The molecule has 0 aliphatic heterocycles. The van der Waals surface area contributed by atoms with Crippen molar-refractivity contribution >= 4 is 29.1 Å². The second kappa shape index (κ2) is 15.0. The number of hydrogen-bond acceptors (Lipinski definition) is 2. The van der Waals surface area contributed by atoms with Gasteiger partial charge in [0, 0.05) is 21.8 Å². The molecule has 0 aliphatic rings. The van der Waals surface area contributed by atoms with Crippen molar-refractivity contribution in [3.63, 3.8) is 0 Å². The summed E-state index contributed by atoms with van der Waals surface area (Å²) in [6.45, 7) is 4.05. The molecule has 0 saturated heterocycles. The van der Waals surface area contributed by atoms with Gasteiger partial charge in [0.1, 0.15) is 0 Å². The predicted molar refractivity (Wildman–Crippen MR) is 143 cm³/mol. The van der Waals surface area contributed by atoms with Gasteiger partial charge in [0.2, 0.25) is 5.91 Å². The van der Waals surface area contributed by atoms with Crippen molar-refractivity contribution in [1.82, 2.24) is 0 Å². The van der Waals surface area contributed by atoms with Crippen molar-refractivity contribution < 1.29 is 9.59 Å². The van der Waals surface area contributed by atoms with Gasteiger partial charge in [0.15, 0.2) is 0 Å². The Labute approximate surface area is 207 Å². The molecule has 4 nitrogen and oxygen atoms in total. The van der Waals surface area contributed by atoms with E-state index in [-0.39, 0.29) is 19.2 Å². The highest BCUT2D eigenvalue weighted by atomic mass is 35.5. The molecule has 4 aromatic carbocycles. The van der Waals surface area contributed by atoms with Crippen molar-refractivity contribution in [2.75, 3.05) is 5.32 Å². The van der Waals surface area contributed by atoms with Crippen molar-refractivity contribution in [2.24, 2.45) is 5.73 Å². The standard InChI is InChI=1S/C14H13NO.C7H7Cl.C7H7NO.CH4/c1-11-7-9-13(10-8-11)15-14(16)12-5-3-2-4-6-12;1-6-2-4-7(8)5-3-6;8-7(9)6-4-2-1-3-5-6;/h2-10H,1H3,(H,15,16);2-5H,1H3;1-5H,(H2,8,9);1H4. The Morgan fingerprint density at radius 2 is 1.06 bits per heavy atom. The van der Waals surface area contributed by atoms with Gasteiger partial charge in [-0.05, 0) is 62.4 Å². The fraction of sp³-hybridized carbons (Fsp3) is 0.103. The van der Waals surface area contributed by atoms with E-state index in [2.05, 4.69) is 5.32 Å². The summed E-state index contributed by atoms with van der Waals surface area (Å²) in [4.78, 5) is 22.2. The van der Waals surface area contributed by atoms with E-state index in [4.69, 9.17) is 17.3 Å². The normalized spacial score (nSPS) is 9.15. The van der Waals surface area contributed by atoms with E-state index in [1.54, 1.807) is 36.4 Å². The molecule has 2 amide bonds. The maximum atomic E-state index is 11.8. The number of carbonyl (C=O) groups excluding carboxylic acids is 2. The van der Waals surface area contributed by atoms with E-state index >= 15 is 0 Å². The van der Waals surface area contributed by atoms with Crippen LogP contribution in [-0.4, -0.2) is 11.8 Å². The van der Waals surface area contributed by atoms with E-state index in [0.29, 0.717) is 11.1 Å². The number of amides is 2. The monoisotopic (exact) mass is 474 g/mol. The summed E-state index contributed by atoms with van der Waals surface area (Å²) < 4.78 is 0. The highest BCUT2D eigenvalue weighted by molar-refractivity contribution is 6.30. The number of anilines is 1. The first-order chi connectivity index (χ1) is 15.8. The number of nitrogens with two attached hydrogens (primary N) is 1. The highest BCUT2D eigenvalue weighted by Crippen LogP contribution is 2.10. The molecule has 4 aromatic rings. The first kappa shape index (κ1) is 28.1. The van der Waals surface area contributed by atoms with Crippen LogP contribution in [0.2, 0.25) is 5.02 Å². The van der Waals surface area contributed by atoms with Crippen molar-refractivity contribution in [3.8, 4) is 0 Å². The number of rotatable bonds is 3. The Balaban J connectivity index is 0.000000274. The van der Waals surface area contributed by atoms with Gasteiger partial charge in [-0.1, -0.05) is 90.8 Å². The summed E-state index contributed by atoms with van der Waals surface area (Å²) in [5.74, 6) is -0.458. The topological polar surface area (TPSA) is 72.2 Å². The van der Waals surface area contributed by atoms with Crippen LogP contribution in [-0.2, 0) is 0 Å². The Morgan fingerprint density at radius 3 is 1.44 bits per heavy atom. The van der Waals surface area contributed by atoms with Crippen molar-refractivity contribution in [2.45, 2.75) is 21.3 Å². The zero-order chi connectivity index (χ0) is 24.1. The fourth-order valence-corrected chi connectivity index (χ4v) is 2.69. The molecule has 0 heterocycles. The van der Waals surface area contributed by atoms with Gasteiger partial charge < -0.3 is 11.1 Å². The molecule has 0 fully saturated rings. The zero-order valence-corrected chi connectivity index (χ0v) is 19.4. The molecule has 0 unspecified atom stereocenters. The van der Waals surface area contributed by atoms with E-state index in [1.165, 1.54) is 11.1 Å². The quantitative estimate of drug-likeness (QED) is 0.326. The molecule has 0 saturated carbocycles. The highest BCUT2D eigenvalue weighted by Gasteiger charge is 2.04. The van der Waals surface area contributed by atoms with Crippen molar-refractivity contribution in [1.29, 1.82) is 0 Å². The smallest absolute Gasteiger partial charge is 0.255 e. The van der Waals surface area contributed by atoms with Crippen LogP contribution in [0.4, 0.5) is 5.69 Å². The lowest BCUT2D eigenvalue weighted by molar-refractivity contribution is 0.0997. The summed E-state index contributed by atoms with van der Waals surface area (Å²) in [7, 11) is 0. The predicted octanol–water partition coefficient (Wildman–Crippen LogP) is 7.32. The first-order valence-electron chi connectivity index (χ1n) is 10.4. The van der Waals surface area contributed by atoms with E-state index in [9.17, 15) is 9.59 Å². The third-order valence-corrected chi connectivity index (χ3v) is 4.67. The molecule has 4 rings (SSSR count). The number of carbonyl (C=O) groups is 2. The van der Waals surface area contributed by atoms with Crippen LogP contribution in [0.25, 0.3) is 0 Å².